The summed E-state index contributed by atoms with van der Waals surface area (Å²) in [5, 5.41) is 4.17. The van der Waals surface area contributed by atoms with Crippen molar-refractivity contribution in [2.45, 2.75) is 26.3 Å². The topological polar surface area (TPSA) is 34.1 Å². The lowest BCUT2D eigenvalue weighted by atomic mass is 10.2. The standard InChI is InChI=1S/C20H34ClN5/c1-4-22-20(25(3)17-18-8-7-9-19(21)16-18)23-10-5-6-11-26-14-12-24(2)13-15-26/h7-9,16H,4-6,10-15,17H2,1-3H3,(H,22,23). The maximum atomic E-state index is 6.09. The van der Waals surface area contributed by atoms with Gasteiger partial charge in [0.1, 0.15) is 0 Å². The first-order chi connectivity index (χ1) is 12.6. The van der Waals surface area contributed by atoms with Crippen LogP contribution in [0.1, 0.15) is 25.3 Å². The zero-order valence-electron chi connectivity index (χ0n) is 16.5. The lowest BCUT2D eigenvalue weighted by Crippen LogP contribution is -2.44. The average molecular weight is 380 g/mol. The minimum Gasteiger partial charge on any atom is -0.357 e. The van der Waals surface area contributed by atoms with Gasteiger partial charge in [-0.3, -0.25) is 4.99 Å². The van der Waals surface area contributed by atoms with Crippen molar-refractivity contribution < 1.29 is 0 Å². The van der Waals surface area contributed by atoms with Gasteiger partial charge in [-0.1, -0.05) is 23.7 Å². The van der Waals surface area contributed by atoms with Gasteiger partial charge in [-0.15, -0.1) is 0 Å². The normalized spacial score (nSPS) is 16.7. The molecule has 6 heteroatoms. The molecule has 0 aromatic heterocycles. The van der Waals surface area contributed by atoms with Gasteiger partial charge in [-0.2, -0.15) is 0 Å². The highest BCUT2D eigenvalue weighted by Gasteiger charge is 2.12. The summed E-state index contributed by atoms with van der Waals surface area (Å²) in [6.45, 7) is 10.6. The Hall–Kier alpha value is -1.30. The fourth-order valence-corrected chi connectivity index (χ4v) is 3.37. The largest absolute Gasteiger partial charge is 0.357 e. The Balaban J connectivity index is 1.74. The molecule has 0 radical (unpaired) electrons. The number of nitrogens with zero attached hydrogens (tertiary/aromatic N) is 4. The Bertz CT molecular complexity index is 555. The Morgan fingerprint density at radius 2 is 2.00 bits per heavy atom. The number of rotatable bonds is 8. The van der Waals surface area contributed by atoms with Gasteiger partial charge in [0, 0.05) is 57.9 Å². The van der Waals surface area contributed by atoms with Crippen molar-refractivity contribution in [2.24, 2.45) is 4.99 Å². The molecule has 0 amide bonds. The van der Waals surface area contributed by atoms with Crippen LogP contribution in [0.15, 0.2) is 29.3 Å². The minimum absolute atomic E-state index is 0.779. The summed E-state index contributed by atoms with van der Waals surface area (Å²) < 4.78 is 0. The Labute approximate surface area is 164 Å². The molecule has 2 rings (SSSR count). The molecule has 1 aromatic carbocycles. The number of halogens is 1. The molecule has 1 fully saturated rings. The molecule has 0 spiro atoms. The summed E-state index contributed by atoms with van der Waals surface area (Å²) in [6, 6.07) is 8.01. The molecule has 1 saturated heterocycles. The van der Waals surface area contributed by atoms with Gasteiger partial charge < -0.3 is 20.0 Å². The van der Waals surface area contributed by atoms with Crippen molar-refractivity contribution in [3.8, 4) is 0 Å². The third-order valence-electron chi connectivity index (χ3n) is 4.75. The molecule has 1 aromatic rings. The van der Waals surface area contributed by atoms with Crippen LogP contribution in [0.25, 0.3) is 0 Å². The number of aliphatic imine (C=N–C) groups is 1. The molecule has 0 unspecified atom stereocenters. The van der Waals surface area contributed by atoms with Crippen LogP contribution in [-0.2, 0) is 6.54 Å². The molecule has 146 valence electrons. The van der Waals surface area contributed by atoms with Gasteiger partial charge in [-0.25, -0.2) is 0 Å². The van der Waals surface area contributed by atoms with E-state index in [2.05, 4.69) is 47.1 Å². The molecular formula is C20H34ClN5. The smallest absolute Gasteiger partial charge is 0.193 e. The molecule has 0 bridgehead atoms. The number of unbranched alkanes of at least 4 members (excludes halogenated alkanes) is 1. The number of hydrogen-bond acceptors (Lipinski definition) is 3. The monoisotopic (exact) mass is 379 g/mol. The number of hydrogen-bond donors (Lipinski definition) is 1. The molecule has 1 heterocycles. The highest BCUT2D eigenvalue weighted by Crippen LogP contribution is 2.12. The first-order valence-corrected chi connectivity index (χ1v) is 10.1. The summed E-state index contributed by atoms with van der Waals surface area (Å²) in [4.78, 5) is 11.9. The van der Waals surface area contributed by atoms with Gasteiger partial charge in [0.15, 0.2) is 5.96 Å². The first-order valence-electron chi connectivity index (χ1n) is 9.73. The van der Waals surface area contributed by atoms with Crippen LogP contribution in [0, 0.1) is 0 Å². The molecule has 5 nitrogen and oxygen atoms in total. The van der Waals surface area contributed by atoms with E-state index in [1.54, 1.807) is 0 Å². The molecular weight excluding hydrogens is 346 g/mol. The van der Waals surface area contributed by atoms with E-state index >= 15 is 0 Å². The minimum atomic E-state index is 0.779. The Morgan fingerprint density at radius 3 is 2.69 bits per heavy atom. The number of guanidine groups is 1. The predicted octanol–water partition coefficient (Wildman–Crippen LogP) is 2.76. The van der Waals surface area contributed by atoms with Crippen LogP contribution < -0.4 is 5.32 Å². The van der Waals surface area contributed by atoms with Crippen molar-refractivity contribution in [1.82, 2.24) is 20.0 Å². The van der Waals surface area contributed by atoms with Crippen LogP contribution in [0.5, 0.6) is 0 Å². The van der Waals surface area contributed by atoms with Crippen LogP contribution >= 0.6 is 11.6 Å². The fourth-order valence-electron chi connectivity index (χ4n) is 3.16. The van der Waals surface area contributed by atoms with E-state index in [0.29, 0.717) is 0 Å². The molecule has 0 atom stereocenters. The first kappa shape index (κ1) is 21.0. The molecule has 1 aliphatic heterocycles. The Kier molecular flexibility index (Phi) is 9.23. The number of piperazine rings is 1. The highest BCUT2D eigenvalue weighted by molar-refractivity contribution is 6.30. The maximum Gasteiger partial charge on any atom is 0.193 e. The van der Waals surface area contributed by atoms with E-state index in [-0.39, 0.29) is 0 Å². The van der Waals surface area contributed by atoms with Crippen molar-refractivity contribution >= 4 is 17.6 Å². The molecule has 26 heavy (non-hydrogen) atoms. The van der Waals surface area contributed by atoms with Crippen LogP contribution in [0.2, 0.25) is 5.02 Å². The van der Waals surface area contributed by atoms with Gasteiger partial charge in [0.25, 0.3) is 0 Å². The van der Waals surface area contributed by atoms with Crippen LogP contribution in [0.3, 0.4) is 0 Å². The second-order valence-electron chi connectivity index (χ2n) is 7.07. The third kappa shape index (κ3) is 7.52. The Morgan fingerprint density at radius 1 is 1.23 bits per heavy atom. The summed E-state index contributed by atoms with van der Waals surface area (Å²) in [7, 11) is 4.28. The maximum absolute atomic E-state index is 6.09. The molecule has 1 N–H and O–H groups in total. The summed E-state index contributed by atoms with van der Waals surface area (Å²) >= 11 is 6.09. The van der Waals surface area contributed by atoms with Crippen molar-refractivity contribution in [2.75, 3.05) is 59.9 Å². The lowest BCUT2D eigenvalue weighted by Gasteiger charge is -2.32. The second-order valence-corrected chi connectivity index (χ2v) is 7.51. The summed E-state index contributed by atoms with van der Waals surface area (Å²) in [5.41, 5.74) is 1.20. The SMILES string of the molecule is CCNC(=NCCCCN1CCN(C)CC1)N(C)Cc1cccc(Cl)c1. The summed E-state index contributed by atoms with van der Waals surface area (Å²) in [5.74, 6) is 0.965. The van der Waals surface area contributed by atoms with Crippen molar-refractivity contribution in [3.05, 3.63) is 34.9 Å². The van der Waals surface area contributed by atoms with Gasteiger partial charge in [0.05, 0.1) is 0 Å². The van der Waals surface area contributed by atoms with Gasteiger partial charge >= 0.3 is 0 Å². The fraction of sp³-hybridized carbons (Fsp3) is 0.650. The highest BCUT2D eigenvalue weighted by atomic mass is 35.5. The van der Waals surface area contributed by atoms with Crippen molar-refractivity contribution in [1.29, 1.82) is 0 Å². The molecule has 1 aliphatic rings. The van der Waals surface area contributed by atoms with Crippen LogP contribution in [-0.4, -0.2) is 80.6 Å². The zero-order valence-corrected chi connectivity index (χ0v) is 17.3. The van der Waals surface area contributed by atoms with E-state index < -0.39 is 0 Å². The molecule has 0 aliphatic carbocycles. The number of likely N-dealkylation sites (N-methyl/N-ethyl adjacent to an activating group) is 1. The van der Waals surface area contributed by atoms with Crippen LogP contribution in [0.4, 0.5) is 0 Å². The lowest BCUT2D eigenvalue weighted by molar-refractivity contribution is 0.152. The van der Waals surface area contributed by atoms with E-state index in [9.17, 15) is 0 Å². The zero-order chi connectivity index (χ0) is 18.8. The second kappa shape index (κ2) is 11.4. The summed E-state index contributed by atoms with van der Waals surface area (Å²) in [6.07, 6.45) is 2.34. The number of nitrogens with one attached hydrogen (secondary N) is 1. The third-order valence-corrected chi connectivity index (χ3v) is 4.98. The van der Waals surface area contributed by atoms with E-state index in [0.717, 1.165) is 37.0 Å². The quantitative estimate of drug-likeness (QED) is 0.428. The van der Waals surface area contributed by atoms with E-state index in [1.165, 1.54) is 44.7 Å². The molecule has 0 saturated carbocycles. The van der Waals surface area contributed by atoms with Gasteiger partial charge in [-0.05, 0) is 51.1 Å². The van der Waals surface area contributed by atoms with E-state index in [1.807, 2.05) is 18.2 Å². The van der Waals surface area contributed by atoms with E-state index in [4.69, 9.17) is 16.6 Å². The number of benzene rings is 1. The predicted molar refractivity (Wildman–Crippen MR) is 112 cm³/mol. The average Bonchev–Trinajstić information content (AvgIpc) is 2.62. The van der Waals surface area contributed by atoms with Crippen molar-refractivity contribution in [3.63, 3.8) is 0 Å². The van der Waals surface area contributed by atoms with Gasteiger partial charge in [0.2, 0.25) is 0 Å².